The third-order valence-corrected chi connectivity index (χ3v) is 4.10. The Hall–Kier alpha value is -0.940. The Labute approximate surface area is 108 Å². The maximum Gasteiger partial charge on any atom is 0.147 e. The molecule has 0 spiro atoms. The predicted molar refractivity (Wildman–Crippen MR) is 69.5 cm³/mol. The fraction of sp³-hybridized carbons (Fsp3) is 0.538. The number of halogens is 1. The largest absolute Gasteiger partial charge is 0.385 e. The van der Waals surface area contributed by atoms with Crippen molar-refractivity contribution >= 4 is 9.84 Å². The van der Waals surface area contributed by atoms with E-state index in [1.165, 1.54) is 6.07 Å². The highest BCUT2D eigenvalue weighted by atomic mass is 32.2. The van der Waals surface area contributed by atoms with Crippen molar-refractivity contribution in [2.45, 2.75) is 31.8 Å². The Bertz CT molecular complexity index is 499. The van der Waals surface area contributed by atoms with E-state index in [9.17, 15) is 17.9 Å². The van der Waals surface area contributed by atoms with Gasteiger partial charge in [0.1, 0.15) is 15.7 Å². The van der Waals surface area contributed by atoms with Crippen molar-refractivity contribution in [3.05, 3.63) is 35.6 Å². The number of hydrogen-bond donors (Lipinski definition) is 1. The molecular weight excluding hydrogens is 255 g/mol. The molecule has 1 aromatic rings. The molecule has 0 aliphatic heterocycles. The van der Waals surface area contributed by atoms with Crippen LogP contribution >= 0.6 is 0 Å². The zero-order valence-electron chi connectivity index (χ0n) is 10.7. The van der Waals surface area contributed by atoms with Crippen molar-refractivity contribution in [2.75, 3.05) is 12.0 Å². The van der Waals surface area contributed by atoms with Crippen molar-refractivity contribution in [2.24, 2.45) is 0 Å². The van der Waals surface area contributed by atoms with Crippen LogP contribution in [0.4, 0.5) is 4.39 Å². The number of benzene rings is 1. The molecule has 0 bridgehead atoms. The van der Waals surface area contributed by atoms with Gasteiger partial charge >= 0.3 is 0 Å². The van der Waals surface area contributed by atoms with E-state index >= 15 is 0 Å². The van der Waals surface area contributed by atoms with Crippen LogP contribution in [0.2, 0.25) is 0 Å². The summed E-state index contributed by atoms with van der Waals surface area (Å²) >= 11 is 0. The summed E-state index contributed by atoms with van der Waals surface area (Å²) in [5, 5.41) is 10.4. The van der Waals surface area contributed by atoms with Crippen LogP contribution in [-0.4, -0.2) is 25.5 Å². The van der Waals surface area contributed by atoms with Gasteiger partial charge in [-0.15, -0.1) is 0 Å². The van der Waals surface area contributed by atoms with E-state index in [1.807, 2.05) is 0 Å². The standard InChI is InChI=1S/C13H19FO3S/c1-3-13(15,9-6-10-18(2,16)17)11-7-4-5-8-12(11)14/h4-5,7-8,15H,3,6,9-10H2,1-2H3. The molecule has 0 aliphatic carbocycles. The molecule has 0 saturated carbocycles. The normalized spacial score (nSPS) is 15.3. The molecule has 0 saturated heterocycles. The zero-order chi connectivity index (χ0) is 13.8. The number of sulfone groups is 1. The summed E-state index contributed by atoms with van der Waals surface area (Å²) in [6, 6.07) is 6.06. The summed E-state index contributed by atoms with van der Waals surface area (Å²) in [4.78, 5) is 0. The first kappa shape index (κ1) is 15.1. The van der Waals surface area contributed by atoms with Gasteiger partial charge in [-0.25, -0.2) is 12.8 Å². The number of aliphatic hydroxyl groups is 1. The second-order valence-electron chi connectivity index (χ2n) is 4.60. The lowest BCUT2D eigenvalue weighted by atomic mass is 9.86. The highest BCUT2D eigenvalue weighted by Gasteiger charge is 2.29. The first-order chi connectivity index (χ1) is 8.28. The van der Waals surface area contributed by atoms with Gasteiger partial charge in [0.25, 0.3) is 0 Å². The third-order valence-electron chi connectivity index (χ3n) is 3.07. The number of rotatable bonds is 6. The number of hydrogen-bond acceptors (Lipinski definition) is 3. The lowest BCUT2D eigenvalue weighted by Gasteiger charge is -2.27. The predicted octanol–water partition coefficient (Wildman–Crippen LogP) is 2.25. The van der Waals surface area contributed by atoms with Gasteiger partial charge in [0.05, 0.1) is 5.60 Å². The summed E-state index contributed by atoms with van der Waals surface area (Å²) in [6.07, 6.45) is 2.05. The summed E-state index contributed by atoms with van der Waals surface area (Å²) in [6.45, 7) is 1.76. The fourth-order valence-electron chi connectivity index (χ4n) is 1.97. The van der Waals surface area contributed by atoms with E-state index < -0.39 is 21.3 Å². The van der Waals surface area contributed by atoms with Gasteiger partial charge in [0, 0.05) is 17.6 Å². The molecule has 0 amide bonds. The molecule has 0 aromatic heterocycles. The third kappa shape index (κ3) is 4.07. The van der Waals surface area contributed by atoms with Gasteiger partial charge in [-0.05, 0) is 25.3 Å². The lowest BCUT2D eigenvalue weighted by Crippen LogP contribution is -2.27. The minimum Gasteiger partial charge on any atom is -0.385 e. The highest BCUT2D eigenvalue weighted by Crippen LogP contribution is 2.31. The van der Waals surface area contributed by atoms with Crippen molar-refractivity contribution in [3.63, 3.8) is 0 Å². The average Bonchev–Trinajstić information content (AvgIpc) is 2.27. The van der Waals surface area contributed by atoms with Gasteiger partial charge in [-0.2, -0.15) is 0 Å². The van der Waals surface area contributed by atoms with E-state index in [4.69, 9.17) is 0 Å². The van der Waals surface area contributed by atoms with Gasteiger partial charge in [-0.1, -0.05) is 25.1 Å². The van der Waals surface area contributed by atoms with E-state index in [0.29, 0.717) is 12.8 Å². The summed E-state index contributed by atoms with van der Waals surface area (Å²) < 4.78 is 35.8. The van der Waals surface area contributed by atoms with Gasteiger partial charge < -0.3 is 5.11 Å². The second-order valence-corrected chi connectivity index (χ2v) is 6.86. The van der Waals surface area contributed by atoms with Crippen LogP contribution in [0.15, 0.2) is 24.3 Å². The maximum absolute atomic E-state index is 13.7. The molecule has 1 N–H and O–H groups in total. The molecule has 18 heavy (non-hydrogen) atoms. The second kappa shape index (κ2) is 5.80. The van der Waals surface area contributed by atoms with Crippen LogP contribution in [0.3, 0.4) is 0 Å². The van der Waals surface area contributed by atoms with Crippen LogP contribution in [0, 0.1) is 5.82 Å². The fourth-order valence-corrected chi connectivity index (χ4v) is 2.64. The minimum absolute atomic E-state index is 0.00373. The van der Waals surface area contributed by atoms with Crippen molar-refractivity contribution in [3.8, 4) is 0 Å². The Morgan fingerprint density at radius 2 is 1.94 bits per heavy atom. The van der Waals surface area contributed by atoms with Crippen molar-refractivity contribution in [1.29, 1.82) is 0 Å². The van der Waals surface area contributed by atoms with Crippen LogP contribution in [0.1, 0.15) is 31.7 Å². The Morgan fingerprint density at radius 1 is 1.33 bits per heavy atom. The van der Waals surface area contributed by atoms with Crippen LogP contribution in [0.5, 0.6) is 0 Å². The molecule has 0 radical (unpaired) electrons. The molecule has 1 rings (SSSR count). The highest BCUT2D eigenvalue weighted by molar-refractivity contribution is 7.90. The SMILES string of the molecule is CCC(O)(CCCS(C)(=O)=O)c1ccccc1F. The summed E-state index contributed by atoms with van der Waals surface area (Å²) in [5.41, 5.74) is -1.06. The smallest absolute Gasteiger partial charge is 0.147 e. The van der Waals surface area contributed by atoms with Crippen LogP contribution in [-0.2, 0) is 15.4 Å². The molecular formula is C13H19FO3S. The molecule has 1 atom stereocenters. The average molecular weight is 274 g/mol. The Kier molecular flexibility index (Phi) is 4.87. The van der Waals surface area contributed by atoms with E-state index in [1.54, 1.807) is 25.1 Å². The monoisotopic (exact) mass is 274 g/mol. The van der Waals surface area contributed by atoms with Crippen LogP contribution in [0.25, 0.3) is 0 Å². The summed E-state index contributed by atoms with van der Waals surface area (Å²) in [5.74, 6) is -0.453. The van der Waals surface area contributed by atoms with Gasteiger partial charge in [0.2, 0.25) is 0 Å². The van der Waals surface area contributed by atoms with Gasteiger partial charge in [-0.3, -0.25) is 0 Å². The van der Waals surface area contributed by atoms with Crippen molar-refractivity contribution < 1.29 is 17.9 Å². The molecule has 1 unspecified atom stereocenters. The molecule has 102 valence electrons. The molecule has 3 nitrogen and oxygen atoms in total. The lowest BCUT2D eigenvalue weighted by molar-refractivity contribution is 0.0194. The van der Waals surface area contributed by atoms with E-state index in [-0.39, 0.29) is 17.7 Å². The topological polar surface area (TPSA) is 54.4 Å². The van der Waals surface area contributed by atoms with E-state index in [2.05, 4.69) is 0 Å². The molecule has 0 fully saturated rings. The van der Waals surface area contributed by atoms with Gasteiger partial charge in [0.15, 0.2) is 0 Å². The maximum atomic E-state index is 13.7. The first-order valence-corrected chi connectivity index (χ1v) is 7.99. The minimum atomic E-state index is -3.05. The van der Waals surface area contributed by atoms with Crippen molar-refractivity contribution in [1.82, 2.24) is 0 Å². The molecule has 0 heterocycles. The summed E-state index contributed by atoms with van der Waals surface area (Å²) in [7, 11) is -3.05. The zero-order valence-corrected chi connectivity index (χ0v) is 11.5. The Balaban J connectivity index is 2.83. The van der Waals surface area contributed by atoms with E-state index in [0.717, 1.165) is 6.26 Å². The quantitative estimate of drug-likeness (QED) is 0.865. The van der Waals surface area contributed by atoms with Crippen LogP contribution < -0.4 is 0 Å². The first-order valence-electron chi connectivity index (χ1n) is 5.93. The Morgan fingerprint density at radius 3 is 2.44 bits per heavy atom. The molecule has 0 aliphatic rings. The molecule has 1 aromatic carbocycles. The molecule has 5 heteroatoms.